The van der Waals surface area contributed by atoms with Gasteiger partial charge in [0.05, 0.1) is 16.7 Å². The van der Waals surface area contributed by atoms with Gasteiger partial charge in [-0.3, -0.25) is 0 Å². The number of halogens is 2. The lowest BCUT2D eigenvalue weighted by Crippen LogP contribution is -2.35. The third kappa shape index (κ3) is 4.57. The van der Waals surface area contributed by atoms with Crippen LogP contribution in [0.4, 0.5) is 0 Å². The van der Waals surface area contributed by atoms with Crippen molar-refractivity contribution in [3.63, 3.8) is 0 Å². The zero-order valence-corrected chi connectivity index (χ0v) is 14.3. The van der Waals surface area contributed by atoms with Crippen LogP contribution >= 0.6 is 23.2 Å². The number of nitrogens with one attached hydrogen (secondary N) is 1. The molecular weight excluding hydrogens is 307 g/mol. The van der Waals surface area contributed by atoms with Crippen LogP contribution in [0.15, 0.2) is 18.2 Å². The molecule has 1 saturated heterocycles. The summed E-state index contributed by atoms with van der Waals surface area (Å²) in [5.74, 6) is 0. The summed E-state index contributed by atoms with van der Waals surface area (Å²) >= 11 is 12.5. The molecule has 0 bridgehead atoms. The Kier molecular flexibility index (Phi) is 6.77. The molecule has 0 amide bonds. The van der Waals surface area contributed by atoms with Crippen molar-refractivity contribution in [2.45, 2.75) is 31.8 Å². The van der Waals surface area contributed by atoms with Crippen LogP contribution in [-0.2, 0) is 4.74 Å². The standard InChI is InChI=1S/C16H24Cl2N2O/c1-3-19-15(13-5-4-6-14(17)16(13)18)7-9-20(2)12-8-10-21-11-12/h4-6,12,15,19H,3,7-11H2,1-2H3. The second kappa shape index (κ2) is 8.35. The predicted octanol–water partition coefficient (Wildman–Crippen LogP) is 3.75. The van der Waals surface area contributed by atoms with Crippen LogP contribution in [0.5, 0.6) is 0 Å². The van der Waals surface area contributed by atoms with Crippen LogP contribution in [-0.4, -0.2) is 44.3 Å². The average molecular weight is 331 g/mol. The summed E-state index contributed by atoms with van der Waals surface area (Å²) in [6.45, 7) is 5.75. The molecule has 1 aromatic carbocycles. The van der Waals surface area contributed by atoms with Gasteiger partial charge in [0.15, 0.2) is 0 Å². The van der Waals surface area contributed by atoms with Gasteiger partial charge >= 0.3 is 0 Å². The zero-order valence-electron chi connectivity index (χ0n) is 12.7. The fourth-order valence-corrected chi connectivity index (χ4v) is 3.23. The van der Waals surface area contributed by atoms with Crippen molar-refractivity contribution in [1.29, 1.82) is 0 Å². The molecule has 2 rings (SSSR count). The maximum Gasteiger partial charge on any atom is 0.0640 e. The first-order valence-corrected chi connectivity index (χ1v) is 8.34. The van der Waals surface area contributed by atoms with E-state index in [-0.39, 0.29) is 6.04 Å². The Morgan fingerprint density at radius 3 is 2.90 bits per heavy atom. The van der Waals surface area contributed by atoms with Crippen molar-refractivity contribution in [2.24, 2.45) is 0 Å². The Morgan fingerprint density at radius 2 is 2.24 bits per heavy atom. The highest BCUT2D eigenvalue weighted by Gasteiger charge is 2.22. The molecule has 1 aromatic rings. The van der Waals surface area contributed by atoms with Crippen molar-refractivity contribution < 1.29 is 4.74 Å². The molecule has 1 aliphatic heterocycles. The van der Waals surface area contributed by atoms with Crippen LogP contribution in [0.2, 0.25) is 10.0 Å². The summed E-state index contributed by atoms with van der Waals surface area (Å²) in [7, 11) is 2.17. The lowest BCUT2D eigenvalue weighted by Gasteiger charge is -2.26. The predicted molar refractivity (Wildman–Crippen MR) is 89.4 cm³/mol. The highest BCUT2D eigenvalue weighted by molar-refractivity contribution is 6.42. The number of nitrogens with zero attached hydrogens (tertiary/aromatic N) is 1. The average Bonchev–Trinajstić information content (AvgIpc) is 3.00. The van der Waals surface area contributed by atoms with Crippen molar-refractivity contribution in [3.05, 3.63) is 33.8 Å². The molecule has 3 nitrogen and oxygen atoms in total. The lowest BCUT2D eigenvalue weighted by molar-refractivity contribution is 0.156. The normalized spacial score (nSPS) is 20.1. The second-order valence-electron chi connectivity index (χ2n) is 5.54. The van der Waals surface area contributed by atoms with Gasteiger partial charge < -0.3 is 15.0 Å². The van der Waals surface area contributed by atoms with Gasteiger partial charge in [0.1, 0.15) is 0 Å². The molecule has 5 heteroatoms. The monoisotopic (exact) mass is 330 g/mol. The molecule has 0 spiro atoms. The summed E-state index contributed by atoms with van der Waals surface area (Å²) in [4.78, 5) is 2.38. The third-order valence-corrected chi connectivity index (χ3v) is 4.94. The van der Waals surface area contributed by atoms with E-state index in [4.69, 9.17) is 27.9 Å². The van der Waals surface area contributed by atoms with Crippen LogP contribution < -0.4 is 5.32 Å². The maximum atomic E-state index is 6.36. The Morgan fingerprint density at radius 1 is 1.43 bits per heavy atom. The molecular formula is C16H24Cl2N2O. The van der Waals surface area contributed by atoms with E-state index in [0.717, 1.165) is 44.7 Å². The number of rotatable bonds is 7. The molecule has 1 aliphatic rings. The van der Waals surface area contributed by atoms with E-state index < -0.39 is 0 Å². The highest BCUT2D eigenvalue weighted by Crippen LogP contribution is 2.31. The lowest BCUT2D eigenvalue weighted by atomic mass is 10.0. The van der Waals surface area contributed by atoms with Crippen LogP contribution in [0, 0.1) is 0 Å². The summed E-state index contributed by atoms with van der Waals surface area (Å²) in [5.41, 5.74) is 1.09. The summed E-state index contributed by atoms with van der Waals surface area (Å²) < 4.78 is 5.46. The van der Waals surface area contributed by atoms with Gasteiger partial charge in [0.25, 0.3) is 0 Å². The molecule has 0 saturated carbocycles. The van der Waals surface area contributed by atoms with Crippen molar-refractivity contribution in [2.75, 3.05) is 33.4 Å². The first-order chi connectivity index (χ1) is 10.1. The minimum atomic E-state index is 0.228. The Hall–Kier alpha value is -0.320. The van der Waals surface area contributed by atoms with E-state index in [2.05, 4.69) is 30.3 Å². The van der Waals surface area contributed by atoms with Crippen molar-refractivity contribution >= 4 is 23.2 Å². The van der Waals surface area contributed by atoms with Crippen molar-refractivity contribution in [3.8, 4) is 0 Å². The Bertz CT molecular complexity index is 450. The Labute approximate surface area is 137 Å². The highest BCUT2D eigenvalue weighted by atomic mass is 35.5. The molecule has 21 heavy (non-hydrogen) atoms. The number of ether oxygens (including phenoxy) is 1. The summed E-state index contributed by atoms with van der Waals surface area (Å²) in [6, 6.07) is 6.62. The van der Waals surface area contributed by atoms with Gasteiger partial charge in [0, 0.05) is 25.2 Å². The van der Waals surface area contributed by atoms with Crippen LogP contribution in [0.1, 0.15) is 31.4 Å². The second-order valence-corrected chi connectivity index (χ2v) is 6.33. The van der Waals surface area contributed by atoms with Gasteiger partial charge in [-0.05, 0) is 38.1 Å². The van der Waals surface area contributed by atoms with E-state index >= 15 is 0 Å². The SMILES string of the molecule is CCNC(CCN(C)C1CCOC1)c1cccc(Cl)c1Cl. The smallest absolute Gasteiger partial charge is 0.0640 e. The molecule has 1 N–H and O–H groups in total. The molecule has 0 radical (unpaired) electrons. The van der Waals surface area contributed by atoms with E-state index in [0.29, 0.717) is 16.1 Å². The van der Waals surface area contributed by atoms with E-state index in [1.54, 1.807) is 0 Å². The fraction of sp³-hybridized carbons (Fsp3) is 0.625. The number of hydrogen-bond donors (Lipinski definition) is 1. The minimum absolute atomic E-state index is 0.228. The van der Waals surface area contributed by atoms with E-state index in [1.807, 2.05) is 12.1 Å². The first-order valence-electron chi connectivity index (χ1n) is 7.58. The number of likely N-dealkylation sites (N-methyl/N-ethyl adjacent to an activating group) is 1. The topological polar surface area (TPSA) is 24.5 Å². The molecule has 2 atom stereocenters. The van der Waals surface area contributed by atoms with E-state index in [1.165, 1.54) is 0 Å². The zero-order chi connectivity index (χ0) is 15.2. The van der Waals surface area contributed by atoms with Gasteiger partial charge in [-0.15, -0.1) is 0 Å². The largest absolute Gasteiger partial charge is 0.380 e. The van der Waals surface area contributed by atoms with Crippen LogP contribution in [0.25, 0.3) is 0 Å². The minimum Gasteiger partial charge on any atom is -0.380 e. The Balaban J connectivity index is 1.99. The number of hydrogen-bond acceptors (Lipinski definition) is 3. The molecule has 0 aliphatic carbocycles. The maximum absolute atomic E-state index is 6.36. The third-order valence-electron chi connectivity index (χ3n) is 4.11. The molecule has 0 aromatic heterocycles. The summed E-state index contributed by atoms with van der Waals surface area (Å²) in [5, 5.41) is 4.80. The van der Waals surface area contributed by atoms with Gasteiger partial charge in [-0.1, -0.05) is 42.3 Å². The van der Waals surface area contributed by atoms with Gasteiger partial charge in [0.2, 0.25) is 0 Å². The first kappa shape index (κ1) is 17.0. The molecule has 2 unspecified atom stereocenters. The molecule has 1 heterocycles. The fourth-order valence-electron chi connectivity index (χ4n) is 2.79. The van der Waals surface area contributed by atoms with Crippen LogP contribution in [0.3, 0.4) is 0 Å². The number of benzene rings is 1. The molecule has 1 fully saturated rings. The van der Waals surface area contributed by atoms with Crippen molar-refractivity contribution in [1.82, 2.24) is 10.2 Å². The quantitative estimate of drug-likeness (QED) is 0.823. The van der Waals surface area contributed by atoms with E-state index in [9.17, 15) is 0 Å². The molecule has 118 valence electrons. The summed E-state index contributed by atoms with van der Waals surface area (Å²) in [6.07, 6.45) is 2.13. The van der Waals surface area contributed by atoms with Gasteiger partial charge in [-0.2, -0.15) is 0 Å². The van der Waals surface area contributed by atoms with Gasteiger partial charge in [-0.25, -0.2) is 0 Å².